The van der Waals surface area contributed by atoms with Crippen molar-refractivity contribution in [3.63, 3.8) is 0 Å². The van der Waals surface area contributed by atoms with Crippen LogP contribution in [0.1, 0.15) is 18.4 Å². The van der Waals surface area contributed by atoms with Gasteiger partial charge in [-0.15, -0.1) is 0 Å². The van der Waals surface area contributed by atoms with Crippen molar-refractivity contribution in [1.82, 2.24) is 0 Å². The summed E-state index contributed by atoms with van der Waals surface area (Å²) in [7, 11) is 0. The van der Waals surface area contributed by atoms with Crippen LogP contribution in [0.25, 0.3) is 0 Å². The van der Waals surface area contributed by atoms with Crippen LogP contribution < -0.4 is 15.2 Å². The zero-order valence-corrected chi connectivity index (χ0v) is 8.67. The number of rotatable bonds is 2. The molecule has 0 saturated carbocycles. The SMILES string of the molecule is CC(CN)c1c(Cl)ccc2c1OCO2. The summed E-state index contributed by atoms with van der Waals surface area (Å²) in [5, 5.41) is 0.687. The van der Waals surface area contributed by atoms with Crippen LogP contribution in [-0.4, -0.2) is 13.3 Å². The second-order valence-electron chi connectivity index (χ2n) is 3.33. The maximum Gasteiger partial charge on any atom is 0.231 e. The fourth-order valence-corrected chi connectivity index (χ4v) is 1.88. The quantitative estimate of drug-likeness (QED) is 0.819. The molecule has 0 saturated heterocycles. The molecule has 1 aromatic rings. The number of benzene rings is 1. The first kappa shape index (κ1) is 9.62. The second-order valence-corrected chi connectivity index (χ2v) is 3.74. The van der Waals surface area contributed by atoms with Crippen molar-refractivity contribution < 1.29 is 9.47 Å². The van der Waals surface area contributed by atoms with E-state index in [1.54, 1.807) is 0 Å². The van der Waals surface area contributed by atoms with E-state index in [9.17, 15) is 0 Å². The number of ether oxygens (including phenoxy) is 2. The lowest BCUT2D eigenvalue weighted by Crippen LogP contribution is -2.10. The first-order valence-electron chi connectivity index (χ1n) is 4.52. The van der Waals surface area contributed by atoms with Gasteiger partial charge in [0.05, 0.1) is 0 Å². The van der Waals surface area contributed by atoms with Crippen molar-refractivity contribution in [2.75, 3.05) is 13.3 Å². The molecule has 0 bridgehead atoms. The summed E-state index contributed by atoms with van der Waals surface area (Å²) in [5.74, 6) is 1.68. The molecule has 3 nitrogen and oxygen atoms in total. The van der Waals surface area contributed by atoms with Crippen LogP contribution >= 0.6 is 11.6 Å². The molecule has 2 N–H and O–H groups in total. The van der Waals surface area contributed by atoms with Gasteiger partial charge in [-0.3, -0.25) is 0 Å². The Morgan fingerprint density at radius 1 is 1.50 bits per heavy atom. The highest BCUT2D eigenvalue weighted by Crippen LogP contribution is 2.42. The Hall–Kier alpha value is -0.930. The van der Waals surface area contributed by atoms with Crippen molar-refractivity contribution in [1.29, 1.82) is 0 Å². The van der Waals surface area contributed by atoms with Gasteiger partial charge in [-0.1, -0.05) is 18.5 Å². The van der Waals surface area contributed by atoms with Gasteiger partial charge in [0.1, 0.15) is 0 Å². The normalized spacial score (nSPS) is 15.6. The highest BCUT2D eigenvalue weighted by atomic mass is 35.5. The molecule has 0 amide bonds. The van der Waals surface area contributed by atoms with Crippen LogP contribution in [0.15, 0.2) is 12.1 Å². The Labute approximate surface area is 87.8 Å². The first-order valence-corrected chi connectivity index (χ1v) is 4.90. The van der Waals surface area contributed by atoms with E-state index < -0.39 is 0 Å². The van der Waals surface area contributed by atoms with E-state index >= 15 is 0 Å². The molecule has 0 radical (unpaired) electrons. The molecule has 0 aromatic heterocycles. The maximum atomic E-state index is 6.09. The molecule has 1 unspecified atom stereocenters. The number of halogens is 1. The third kappa shape index (κ3) is 1.42. The maximum absolute atomic E-state index is 6.09. The minimum absolute atomic E-state index is 0.180. The van der Waals surface area contributed by atoms with Crippen molar-refractivity contribution >= 4 is 11.6 Å². The minimum Gasteiger partial charge on any atom is -0.454 e. The Kier molecular flexibility index (Phi) is 2.52. The van der Waals surface area contributed by atoms with Gasteiger partial charge in [0.25, 0.3) is 0 Å². The summed E-state index contributed by atoms with van der Waals surface area (Å²) in [6.07, 6.45) is 0. The van der Waals surface area contributed by atoms with Crippen LogP contribution in [-0.2, 0) is 0 Å². The zero-order valence-electron chi connectivity index (χ0n) is 7.92. The van der Waals surface area contributed by atoms with E-state index in [2.05, 4.69) is 0 Å². The van der Waals surface area contributed by atoms with Gasteiger partial charge in [-0.05, 0) is 24.6 Å². The van der Waals surface area contributed by atoms with Crippen molar-refractivity contribution in [2.24, 2.45) is 5.73 Å². The molecule has 4 heteroatoms. The number of nitrogens with two attached hydrogens (primary N) is 1. The number of fused-ring (bicyclic) bond motifs is 1. The molecule has 1 aromatic carbocycles. The van der Waals surface area contributed by atoms with Gasteiger partial charge in [0.15, 0.2) is 11.5 Å². The number of hydrogen-bond acceptors (Lipinski definition) is 3. The predicted molar refractivity (Wildman–Crippen MR) is 55.0 cm³/mol. The highest BCUT2D eigenvalue weighted by Gasteiger charge is 2.23. The predicted octanol–water partition coefficient (Wildman–Crippen LogP) is 2.13. The molecule has 1 aliphatic heterocycles. The molecule has 1 atom stereocenters. The molecule has 14 heavy (non-hydrogen) atoms. The summed E-state index contributed by atoms with van der Waals surface area (Å²) < 4.78 is 10.6. The molecular formula is C10H12ClNO2. The van der Waals surface area contributed by atoms with E-state index in [0.29, 0.717) is 11.6 Å². The van der Waals surface area contributed by atoms with Gasteiger partial charge in [-0.25, -0.2) is 0 Å². The minimum atomic E-state index is 0.180. The Morgan fingerprint density at radius 2 is 2.29 bits per heavy atom. The van der Waals surface area contributed by atoms with Gasteiger partial charge in [0.2, 0.25) is 6.79 Å². The highest BCUT2D eigenvalue weighted by molar-refractivity contribution is 6.31. The monoisotopic (exact) mass is 213 g/mol. The molecular weight excluding hydrogens is 202 g/mol. The molecule has 0 spiro atoms. The van der Waals surface area contributed by atoms with Crippen molar-refractivity contribution in [2.45, 2.75) is 12.8 Å². The third-order valence-corrected chi connectivity index (χ3v) is 2.70. The van der Waals surface area contributed by atoms with Gasteiger partial charge in [0, 0.05) is 10.6 Å². The van der Waals surface area contributed by atoms with E-state index in [1.165, 1.54) is 0 Å². The van der Waals surface area contributed by atoms with Crippen LogP contribution in [0.2, 0.25) is 5.02 Å². The van der Waals surface area contributed by atoms with E-state index in [1.807, 2.05) is 19.1 Å². The summed E-state index contributed by atoms with van der Waals surface area (Å²) in [4.78, 5) is 0. The fourth-order valence-electron chi connectivity index (χ4n) is 1.55. The van der Waals surface area contributed by atoms with E-state index in [-0.39, 0.29) is 12.7 Å². The molecule has 0 fully saturated rings. The second kappa shape index (κ2) is 3.67. The third-order valence-electron chi connectivity index (χ3n) is 2.37. The average molecular weight is 214 g/mol. The number of hydrogen-bond donors (Lipinski definition) is 1. The summed E-state index contributed by atoms with van der Waals surface area (Å²) >= 11 is 6.09. The van der Waals surface area contributed by atoms with Gasteiger partial charge < -0.3 is 15.2 Å². The largest absolute Gasteiger partial charge is 0.454 e. The first-order chi connectivity index (χ1) is 6.74. The van der Waals surface area contributed by atoms with Crippen LogP contribution in [0.4, 0.5) is 0 Å². The summed E-state index contributed by atoms with van der Waals surface area (Å²) in [6, 6.07) is 3.63. The van der Waals surface area contributed by atoms with E-state index in [4.69, 9.17) is 26.8 Å². The summed E-state index contributed by atoms with van der Waals surface area (Å²) in [5.41, 5.74) is 6.56. The molecule has 1 heterocycles. The van der Waals surface area contributed by atoms with Gasteiger partial charge >= 0.3 is 0 Å². The average Bonchev–Trinajstić information content (AvgIpc) is 2.64. The molecule has 1 aliphatic rings. The smallest absolute Gasteiger partial charge is 0.231 e. The standard InChI is InChI=1S/C10H12ClNO2/c1-6(4-12)9-7(11)2-3-8-10(9)14-5-13-8/h2-3,6H,4-5,12H2,1H3. The zero-order chi connectivity index (χ0) is 10.1. The molecule has 0 aliphatic carbocycles. The molecule has 2 rings (SSSR count). The Balaban J connectivity index is 2.51. The summed E-state index contributed by atoms with van der Waals surface area (Å²) in [6.45, 7) is 2.82. The van der Waals surface area contributed by atoms with Gasteiger partial charge in [-0.2, -0.15) is 0 Å². The Morgan fingerprint density at radius 3 is 3.00 bits per heavy atom. The van der Waals surface area contributed by atoms with Crippen LogP contribution in [0.5, 0.6) is 11.5 Å². The van der Waals surface area contributed by atoms with E-state index in [0.717, 1.165) is 17.1 Å². The van der Waals surface area contributed by atoms with Crippen LogP contribution in [0, 0.1) is 0 Å². The van der Waals surface area contributed by atoms with Crippen molar-refractivity contribution in [3.05, 3.63) is 22.7 Å². The van der Waals surface area contributed by atoms with Crippen molar-refractivity contribution in [3.8, 4) is 11.5 Å². The topological polar surface area (TPSA) is 44.5 Å². The fraction of sp³-hybridized carbons (Fsp3) is 0.400. The lowest BCUT2D eigenvalue weighted by molar-refractivity contribution is 0.173. The van der Waals surface area contributed by atoms with Crippen LogP contribution in [0.3, 0.4) is 0 Å². The lowest BCUT2D eigenvalue weighted by Gasteiger charge is -2.13. The molecule has 76 valence electrons. The lowest BCUT2D eigenvalue weighted by atomic mass is 10.00. The Bertz CT molecular complexity index is 354.